The molecule has 0 aliphatic heterocycles. The molecule has 0 saturated heterocycles. The molecule has 0 atom stereocenters. The van der Waals surface area contributed by atoms with E-state index in [2.05, 4.69) is 5.32 Å². The highest BCUT2D eigenvalue weighted by atomic mass is 35.5. The second-order valence-corrected chi connectivity index (χ2v) is 5.80. The second kappa shape index (κ2) is 9.83. The third-order valence-corrected chi connectivity index (χ3v) is 3.67. The summed E-state index contributed by atoms with van der Waals surface area (Å²) in [7, 11) is 0. The van der Waals surface area contributed by atoms with Gasteiger partial charge in [0.05, 0.1) is 18.2 Å². The Balaban J connectivity index is 1.53. The van der Waals surface area contributed by atoms with Crippen molar-refractivity contribution in [3.8, 4) is 11.5 Å². The van der Waals surface area contributed by atoms with E-state index in [1.54, 1.807) is 12.1 Å². The lowest BCUT2D eigenvalue weighted by molar-refractivity contribution is -0.121. The fraction of sp³-hybridized carbons (Fsp3) is 0.316. The average molecular weight is 348 g/mol. The van der Waals surface area contributed by atoms with Gasteiger partial charge in [0.25, 0.3) is 0 Å². The van der Waals surface area contributed by atoms with Gasteiger partial charge in [-0.25, -0.2) is 0 Å². The minimum atomic E-state index is -0.00901. The minimum absolute atomic E-state index is 0.00901. The molecule has 0 aromatic heterocycles. The van der Waals surface area contributed by atoms with Crippen LogP contribution in [0.2, 0.25) is 5.02 Å². The van der Waals surface area contributed by atoms with Crippen molar-refractivity contribution in [1.29, 1.82) is 0 Å². The smallest absolute Gasteiger partial charge is 0.220 e. The third-order valence-electron chi connectivity index (χ3n) is 3.36. The highest BCUT2D eigenvalue weighted by Crippen LogP contribution is 2.22. The van der Waals surface area contributed by atoms with Crippen LogP contribution < -0.4 is 14.8 Å². The van der Waals surface area contributed by atoms with Crippen molar-refractivity contribution in [3.63, 3.8) is 0 Å². The summed E-state index contributed by atoms with van der Waals surface area (Å²) < 4.78 is 11.1. The molecule has 2 rings (SSSR count). The Morgan fingerprint density at radius 1 is 1.04 bits per heavy atom. The summed E-state index contributed by atoms with van der Waals surface area (Å²) in [5, 5.41) is 3.38. The Morgan fingerprint density at radius 3 is 2.54 bits per heavy atom. The van der Waals surface area contributed by atoms with E-state index < -0.39 is 0 Å². The number of carbonyl (C=O) groups excluding carboxylic acids is 1. The summed E-state index contributed by atoms with van der Waals surface area (Å²) in [5.74, 6) is 1.44. The largest absolute Gasteiger partial charge is 0.494 e. The van der Waals surface area contributed by atoms with Gasteiger partial charge in [0.1, 0.15) is 18.1 Å². The van der Waals surface area contributed by atoms with Gasteiger partial charge in [-0.1, -0.05) is 41.4 Å². The van der Waals surface area contributed by atoms with Gasteiger partial charge in [0.2, 0.25) is 5.91 Å². The first-order valence-electron chi connectivity index (χ1n) is 7.98. The number of amides is 1. The van der Waals surface area contributed by atoms with Crippen LogP contribution >= 0.6 is 11.6 Å². The van der Waals surface area contributed by atoms with Gasteiger partial charge in [-0.3, -0.25) is 4.79 Å². The molecule has 1 N–H and O–H groups in total. The first-order chi connectivity index (χ1) is 11.6. The van der Waals surface area contributed by atoms with Gasteiger partial charge in [-0.05, 0) is 37.6 Å². The van der Waals surface area contributed by atoms with Crippen LogP contribution in [0.3, 0.4) is 0 Å². The summed E-state index contributed by atoms with van der Waals surface area (Å²) in [6.07, 6.45) is 1.10. The summed E-state index contributed by atoms with van der Waals surface area (Å²) >= 11 is 5.98. The van der Waals surface area contributed by atoms with Gasteiger partial charge in [0.15, 0.2) is 0 Å². The monoisotopic (exact) mass is 347 g/mol. The number of halogens is 1. The number of hydrogen-bond donors (Lipinski definition) is 1. The number of rotatable bonds is 9. The van der Waals surface area contributed by atoms with E-state index in [-0.39, 0.29) is 5.91 Å². The van der Waals surface area contributed by atoms with Crippen molar-refractivity contribution in [2.45, 2.75) is 19.8 Å². The van der Waals surface area contributed by atoms with E-state index in [4.69, 9.17) is 21.1 Å². The lowest BCUT2D eigenvalue weighted by atomic mass is 10.2. The molecule has 24 heavy (non-hydrogen) atoms. The van der Waals surface area contributed by atoms with Gasteiger partial charge in [-0.2, -0.15) is 0 Å². The van der Waals surface area contributed by atoms with Crippen LogP contribution in [0.15, 0.2) is 48.5 Å². The zero-order valence-electron chi connectivity index (χ0n) is 13.8. The van der Waals surface area contributed by atoms with Gasteiger partial charge in [-0.15, -0.1) is 0 Å². The van der Waals surface area contributed by atoms with E-state index in [0.29, 0.717) is 43.4 Å². The maximum absolute atomic E-state index is 11.7. The normalized spacial score (nSPS) is 10.2. The maximum Gasteiger partial charge on any atom is 0.220 e. The molecule has 5 heteroatoms. The van der Waals surface area contributed by atoms with Gasteiger partial charge in [0, 0.05) is 6.42 Å². The number of hydrogen-bond acceptors (Lipinski definition) is 3. The minimum Gasteiger partial charge on any atom is -0.494 e. The molecule has 1 amide bonds. The summed E-state index contributed by atoms with van der Waals surface area (Å²) in [6, 6.07) is 15.1. The Labute approximate surface area is 147 Å². The molecule has 0 aliphatic carbocycles. The molecule has 128 valence electrons. The molecular formula is C19H22ClNO3. The fourth-order valence-electron chi connectivity index (χ4n) is 2.06. The van der Waals surface area contributed by atoms with Crippen LogP contribution in [0.25, 0.3) is 0 Å². The van der Waals surface area contributed by atoms with E-state index >= 15 is 0 Å². The predicted molar refractivity (Wildman–Crippen MR) is 95.9 cm³/mol. The van der Waals surface area contributed by atoms with Crippen LogP contribution in [0.5, 0.6) is 11.5 Å². The molecule has 0 fully saturated rings. The summed E-state index contributed by atoms with van der Waals surface area (Å²) in [4.78, 5) is 11.7. The molecule has 4 nitrogen and oxygen atoms in total. The van der Waals surface area contributed by atoms with Gasteiger partial charge >= 0.3 is 0 Å². The van der Waals surface area contributed by atoms with Crippen molar-refractivity contribution in [3.05, 3.63) is 59.1 Å². The second-order valence-electron chi connectivity index (χ2n) is 5.39. The number of aryl methyl sites for hydroxylation is 1. The quantitative estimate of drug-likeness (QED) is 0.697. The number of carbonyl (C=O) groups is 1. The van der Waals surface area contributed by atoms with E-state index in [0.717, 1.165) is 5.75 Å². The number of ether oxygens (including phenoxy) is 2. The van der Waals surface area contributed by atoms with E-state index in [9.17, 15) is 4.79 Å². The number of benzene rings is 2. The summed E-state index contributed by atoms with van der Waals surface area (Å²) in [6.45, 7) is 3.38. The molecule has 2 aromatic carbocycles. The Hall–Kier alpha value is -2.20. The first kappa shape index (κ1) is 18.1. The lowest BCUT2D eigenvalue weighted by Gasteiger charge is -2.09. The zero-order chi connectivity index (χ0) is 17.2. The van der Waals surface area contributed by atoms with Crippen molar-refractivity contribution in [2.24, 2.45) is 0 Å². The lowest BCUT2D eigenvalue weighted by Crippen LogP contribution is -2.28. The Bertz CT molecular complexity index is 643. The molecule has 0 heterocycles. The maximum atomic E-state index is 11.7. The van der Waals surface area contributed by atoms with Crippen LogP contribution in [-0.4, -0.2) is 25.7 Å². The van der Waals surface area contributed by atoms with Crippen molar-refractivity contribution in [1.82, 2.24) is 5.32 Å². The van der Waals surface area contributed by atoms with Crippen molar-refractivity contribution >= 4 is 17.5 Å². The molecule has 0 aliphatic rings. The van der Waals surface area contributed by atoms with Crippen LogP contribution in [0.1, 0.15) is 18.4 Å². The molecule has 2 aromatic rings. The van der Waals surface area contributed by atoms with Gasteiger partial charge < -0.3 is 14.8 Å². The summed E-state index contributed by atoms with van der Waals surface area (Å²) in [5.41, 5.74) is 1.20. The highest BCUT2D eigenvalue weighted by Gasteiger charge is 2.03. The van der Waals surface area contributed by atoms with Crippen molar-refractivity contribution < 1.29 is 14.3 Å². The molecular weight excluding hydrogens is 326 g/mol. The Morgan fingerprint density at radius 2 is 1.79 bits per heavy atom. The molecule has 0 saturated carbocycles. The molecule has 0 spiro atoms. The number of nitrogens with one attached hydrogen (secondary N) is 1. The van der Waals surface area contributed by atoms with Crippen LogP contribution in [-0.2, 0) is 4.79 Å². The Kier molecular flexibility index (Phi) is 7.43. The van der Waals surface area contributed by atoms with Crippen molar-refractivity contribution in [2.75, 3.05) is 19.8 Å². The van der Waals surface area contributed by atoms with Crippen LogP contribution in [0.4, 0.5) is 0 Å². The molecule has 0 unspecified atom stereocenters. The molecule has 0 bridgehead atoms. The van der Waals surface area contributed by atoms with E-state index in [1.807, 2.05) is 43.3 Å². The highest BCUT2D eigenvalue weighted by molar-refractivity contribution is 6.32. The fourth-order valence-corrected chi connectivity index (χ4v) is 2.25. The zero-order valence-corrected chi connectivity index (χ0v) is 14.5. The topological polar surface area (TPSA) is 47.6 Å². The predicted octanol–water partition coefficient (Wildman–Crippen LogP) is 4.00. The molecule has 0 radical (unpaired) electrons. The van der Waals surface area contributed by atoms with E-state index in [1.165, 1.54) is 5.56 Å². The third kappa shape index (κ3) is 6.50. The first-order valence-corrected chi connectivity index (χ1v) is 8.36. The SMILES string of the molecule is Cc1ccc(OCCCC(=O)NCCOc2ccccc2Cl)cc1. The average Bonchev–Trinajstić information content (AvgIpc) is 2.58. The number of para-hydroxylation sites is 1. The van der Waals surface area contributed by atoms with Crippen LogP contribution in [0, 0.1) is 6.92 Å². The standard InChI is InChI=1S/C19H22ClNO3/c1-15-8-10-16(11-9-15)23-13-4-7-19(22)21-12-14-24-18-6-3-2-5-17(18)20/h2-3,5-6,8-11H,4,7,12-14H2,1H3,(H,21,22).